The number of carbonyl (C=O) groups excluding carboxylic acids is 1. The van der Waals surface area contributed by atoms with Gasteiger partial charge in [0, 0.05) is 5.39 Å². The second-order valence-corrected chi connectivity index (χ2v) is 7.59. The number of aryl methyl sites for hydroxylation is 4. The van der Waals surface area contributed by atoms with Crippen molar-refractivity contribution in [1.29, 1.82) is 0 Å². The molecule has 182 valence electrons. The van der Waals surface area contributed by atoms with Gasteiger partial charge in [-0.25, -0.2) is 9.18 Å². The molecule has 7 heteroatoms. The number of carbonyl (C=O) groups is 1. The van der Waals surface area contributed by atoms with Gasteiger partial charge < -0.3 is 25.0 Å². The lowest BCUT2D eigenvalue weighted by molar-refractivity contribution is 0.0595. The van der Waals surface area contributed by atoms with Crippen LogP contribution in [0, 0.1) is 33.5 Å². The van der Waals surface area contributed by atoms with Crippen LogP contribution in [0.3, 0.4) is 0 Å². The molecule has 0 saturated carbocycles. The highest BCUT2D eigenvalue weighted by molar-refractivity contribution is 5.97. The maximum Gasteiger partial charge on any atom is 0.354 e. The molecule has 0 amide bonds. The van der Waals surface area contributed by atoms with Crippen LogP contribution in [0.15, 0.2) is 54.6 Å². The topological polar surface area (TPSA) is 103 Å². The summed E-state index contributed by atoms with van der Waals surface area (Å²) in [7, 11) is 1.32. The number of aromatic hydroxyl groups is 3. The van der Waals surface area contributed by atoms with E-state index in [4.69, 9.17) is 10.2 Å². The molecule has 0 aliphatic carbocycles. The monoisotopic (exact) mass is 469 g/mol. The molecule has 0 bridgehead atoms. The molecule has 0 radical (unpaired) electrons. The number of esters is 1. The summed E-state index contributed by atoms with van der Waals surface area (Å²) in [6.45, 7) is 7.68. The Hall–Kier alpha value is -4.00. The fourth-order valence-electron chi connectivity index (χ4n) is 2.90. The van der Waals surface area contributed by atoms with Gasteiger partial charge in [0.05, 0.1) is 12.6 Å². The van der Waals surface area contributed by atoms with Gasteiger partial charge in [-0.15, -0.1) is 0 Å². The summed E-state index contributed by atoms with van der Waals surface area (Å²) < 4.78 is 16.9. The first kappa shape index (κ1) is 28.0. The van der Waals surface area contributed by atoms with E-state index in [9.17, 15) is 14.3 Å². The van der Waals surface area contributed by atoms with E-state index in [0.29, 0.717) is 17.0 Å². The SMILES string of the molecule is C.COC(=O)c1cc2c(C)ccc(O)c2[nH]1.Cc1ccc(O)c(F)c1.Cc1ccc(O)cc1C. The standard InChI is InChI=1S/C11H11NO3.C8H10O.C7H7FO.CH4/c1-6-3-4-9(13)10-7(6)5-8(12-10)11(14)15-2;1-6-3-4-8(9)5-7(6)2;1-5-2-3-7(9)6(8)4-5;/h3-5,12-13H,1-2H3;3-5,9H,1-2H3;2-4,9H,1H3;1H4. The Morgan fingerprint density at radius 3 is 1.94 bits per heavy atom. The Bertz CT molecular complexity index is 1180. The first-order chi connectivity index (χ1) is 15.5. The number of H-pyrrole nitrogens is 1. The molecule has 1 aromatic heterocycles. The van der Waals surface area contributed by atoms with Crippen LogP contribution >= 0.6 is 0 Å². The first-order valence-electron chi connectivity index (χ1n) is 10.1. The lowest BCUT2D eigenvalue weighted by atomic mass is 10.1. The van der Waals surface area contributed by atoms with Crippen LogP contribution in [0.4, 0.5) is 4.39 Å². The van der Waals surface area contributed by atoms with Crippen molar-refractivity contribution in [2.45, 2.75) is 35.1 Å². The molecule has 34 heavy (non-hydrogen) atoms. The molecule has 0 atom stereocenters. The summed E-state index contributed by atoms with van der Waals surface area (Å²) in [6, 6.07) is 14.7. The number of phenols is 3. The lowest BCUT2D eigenvalue weighted by Crippen LogP contribution is -2.00. The van der Waals surface area contributed by atoms with E-state index in [0.717, 1.165) is 22.1 Å². The van der Waals surface area contributed by atoms with Gasteiger partial charge in [0.25, 0.3) is 0 Å². The minimum Gasteiger partial charge on any atom is -0.508 e. The van der Waals surface area contributed by atoms with Crippen molar-refractivity contribution in [2.75, 3.05) is 7.11 Å². The van der Waals surface area contributed by atoms with Crippen LogP contribution < -0.4 is 0 Å². The summed E-state index contributed by atoms with van der Waals surface area (Å²) in [5.74, 6) is -0.815. The van der Waals surface area contributed by atoms with Crippen LogP contribution in [0.1, 0.15) is 40.2 Å². The summed E-state index contributed by atoms with van der Waals surface area (Å²) in [6.07, 6.45) is 0. The number of rotatable bonds is 1. The maximum atomic E-state index is 12.3. The van der Waals surface area contributed by atoms with Crippen LogP contribution in [0.5, 0.6) is 17.2 Å². The molecular weight excluding hydrogens is 437 g/mol. The highest BCUT2D eigenvalue weighted by Gasteiger charge is 2.12. The van der Waals surface area contributed by atoms with E-state index in [1.54, 1.807) is 43.3 Å². The van der Waals surface area contributed by atoms with Gasteiger partial charge in [-0.2, -0.15) is 0 Å². The predicted molar refractivity (Wildman–Crippen MR) is 133 cm³/mol. The van der Waals surface area contributed by atoms with Crippen LogP contribution in [0.25, 0.3) is 10.9 Å². The van der Waals surface area contributed by atoms with Crippen molar-refractivity contribution in [3.63, 3.8) is 0 Å². The van der Waals surface area contributed by atoms with E-state index < -0.39 is 11.8 Å². The van der Waals surface area contributed by atoms with Crippen molar-refractivity contribution in [1.82, 2.24) is 4.98 Å². The molecule has 4 aromatic rings. The summed E-state index contributed by atoms with van der Waals surface area (Å²) in [4.78, 5) is 14.1. The number of methoxy groups -OCH3 is 1. The molecule has 0 spiro atoms. The summed E-state index contributed by atoms with van der Waals surface area (Å²) in [5.41, 5.74) is 5.06. The van der Waals surface area contributed by atoms with Gasteiger partial charge >= 0.3 is 5.97 Å². The zero-order valence-corrected chi connectivity index (χ0v) is 19.2. The zero-order chi connectivity index (χ0) is 24.7. The molecule has 0 aliphatic rings. The maximum absolute atomic E-state index is 12.3. The molecule has 4 N–H and O–H groups in total. The Kier molecular flexibility index (Phi) is 10.1. The van der Waals surface area contributed by atoms with Crippen LogP contribution in [0.2, 0.25) is 0 Å². The minimum absolute atomic E-state index is 0. The van der Waals surface area contributed by atoms with Crippen LogP contribution in [-0.2, 0) is 4.74 Å². The van der Waals surface area contributed by atoms with Crippen molar-refractivity contribution in [2.24, 2.45) is 0 Å². The molecule has 0 unspecified atom stereocenters. The number of nitrogens with one attached hydrogen (secondary N) is 1. The normalized spacial score (nSPS) is 9.71. The number of hydrogen-bond donors (Lipinski definition) is 4. The van der Waals surface area contributed by atoms with Gasteiger partial charge in [0.2, 0.25) is 0 Å². The molecule has 6 nitrogen and oxygen atoms in total. The molecular formula is C27H32FNO5. The third-order valence-corrected chi connectivity index (χ3v) is 4.99. The third-order valence-electron chi connectivity index (χ3n) is 4.99. The van der Waals surface area contributed by atoms with Gasteiger partial charge in [0.15, 0.2) is 11.6 Å². The lowest BCUT2D eigenvalue weighted by Gasteiger charge is -1.97. The quantitative estimate of drug-likeness (QED) is 0.240. The third kappa shape index (κ3) is 7.27. The number of aromatic amines is 1. The first-order valence-corrected chi connectivity index (χ1v) is 10.1. The van der Waals surface area contributed by atoms with Gasteiger partial charge in [-0.1, -0.05) is 25.6 Å². The van der Waals surface area contributed by atoms with E-state index in [2.05, 4.69) is 9.72 Å². The molecule has 3 aromatic carbocycles. The smallest absolute Gasteiger partial charge is 0.354 e. The fraction of sp³-hybridized carbons (Fsp3) is 0.222. The number of fused-ring (bicyclic) bond motifs is 1. The zero-order valence-electron chi connectivity index (χ0n) is 19.2. The van der Waals surface area contributed by atoms with E-state index in [1.807, 2.05) is 26.8 Å². The second-order valence-electron chi connectivity index (χ2n) is 7.59. The number of hydrogen-bond acceptors (Lipinski definition) is 5. The Morgan fingerprint density at radius 1 is 0.824 bits per heavy atom. The van der Waals surface area contributed by atoms with Crippen molar-refractivity contribution in [3.8, 4) is 17.2 Å². The molecule has 0 saturated heterocycles. The minimum atomic E-state index is -0.560. The highest BCUT2D eigenvalue weighted by atomic mass is 19.1. The van der Waals surface area contributed by atoms with Crippen molar-refractivity contribution < 1.29 is 29.2 Å². The van der Waals surface area contributed by atoms with E-state index in [-0.39, 0.29) is 18.9 Å². The summed E-state index contributed by atoms with van der Waals surface area (Å²) in [5, 5.41) is 28.0. The number of benzene rings is 3. The fourth-order valence-corrected chi connectivity index (χ4v) is 2.90. The average molecular weight is 470 g/mol. The Labute approximate surface area is 199 Å². The number of phenolic OH excluding ortho intramolecular Hbond substituents is 3. The van der Waals surface area contributed by atoms with Crippen molar-refractivity contribution >= 4 is 16.9 Å². The number of ether oxygens (including phenoxy) is 1. The van der Waals surface area contributed by atoms with Gasteiger partial charge in [-0.3, -0.25) is 0 Å². The summed E-state index contributed by atoms with van der Waals surface area (Å²) >= 11 is 0. The second kappa shape index (κ2) is 12.3. The van der Waals surface area contributed by atoms with Gasteiger partial charge in [0.1, 0.15) is 17.2 Å². The molecule has 4 rings (SSSR count). The number of halogens is 1. The molecule has 0 aliphatic heterocycles. The molecule has 0 fully saturated rings. The van der Waals surface area contributed by atoms with Crippen molar-refractivity contribution in [3.05, 3.63) is 88.4 Å². The average Bonchev–Trinajstić information content (AvgIpc) is 3.24. The largest absolute Gasteiger partial charge is 0.508 e. The van der Waals surface area contributed by atoms with E-state index >= 15 is 0 Å². The Morgan fingerprint density at radius 2 is 1.44 bits per heavy atom. The van der Waals surface area contributed by atoms with Gasteiger partial charge in [-0.05, 0) is 86.3 Å². The Balaban J connectivity index is 0.000000266. The number of aromatic nitrogens is 1. The van der Waals surface area contributed by atoms with E-state index in [1.165, 1.54) is 24.8 Å². The predicted octanol–water partition coefficient (Wildman–Crippen LogP) is 6.45. The molecule has 1 heterocycles. The van der Waals surface area contributed by atoms with Crippen LogP contribution in [-0.4, -0.2) is 33.4 Å². The highest BCUT2D eigenvalue weighted by Crippen LogP contribution is 2.27.